The predicted octanol–water partition coefficient (Wildman–Crippen LogP) is 5.32. The SMILES string of the molecule is CCCCCC(C)(CCCC)c1noc(C)c1C. The monoisotopic (exact) mass is 251 g/mol. The van der Waals surface area contributed by atoms with Crippen molar-refractivity contribution in [1.29, 1.82) is 0 Å². The first-order valence-electron chi connectivity index (χ1n) is 7.48. The highest BCUT2D eigenvalue weighted by molar-refractivity contribution is 5.27. The third kappa shape index (κ3) is 3.60. The summed E-state index contributed by atoms with van der Waals surface area (Å²) in [5.74, 6) is 0.975. The number of rotatable bonds is 8. The minimum atomic E-state index is 0.201. The van der Waals surface area contributed by atoms with Crippen LogP contribution in [-0.4, -0.2) is 5.16 Å². The lowest BCUT2D eigenvalue weighted by Crippen LogP contribution is -2.23. The summed E-state index contributed by atoms with van der Waals surface area (Å²) >= 11 is 0. The highest BCUT2D eigenvalue weighted by Gasteiger charge is 2.31. The van der Waals surface area contributed by atoms with Crippen LogP contribution in [0.15, 0.2) is 4.52 Å². The van der Waals surface area contributed by atoms with Crippen molar-refractivity contribution in [2.45, 2.75) is 85.0 Å². The quantitative estimate of drug-likeness (QED) is 0.584. The molecule has 2 heteroatoms. The smallest absolute Gasteiger partial charge is 0.136 e. The van der Waals surface area contributed by atoms with E-state index in [1.54, 1.807) is 0 Å². The van der Waals surface area contributed by atoms with Crippen molar-refractivity contribution < 1.29 is 4.52 Å². The molecule has 0 spiro atoms. The summed E-state index contributed by atoms with van der Waals surface area (Å²) in [7, 11) is 0. The van der Waals surface area contributed by atoms with Gasteiger partial charge < -0.3 is 4.52 Å². The molecule has 0 saturated heterocycles. The largest absolute Gasteiger partial charge is 0.361 e. The second kappa shape index (κ2) is 6.96. The fraction of sp³-hybridized carbons (Fsp3) is 0.812. The molecule has 0 radical (unpaired) electrons. The maximum Gasteiger partial charge on any atom is 0.136 e. The van der Waals surface area contributed by atoms with E-state index < -0.39 is 0 Å². The number of hydrogen-bond acceptors (Lipinski definition) is 2. The zero-order valence-corrected chi connectivity index (χ0v) is 12.8. The molecule has 0 amide bonds. The van der Waals surface area contributed by atoms with Crippen molar-refractivity contribution >= 4 is 0 Å². The Hall–Kier alpha value is -0.790. The number of hydrogen-bond donors (Lipinski definition) is 0. The molecule has 0 fully saturated rings. The van der Waals surface area contributed by atoms with Gasteiger partial charge in [0.25, 0.3) is 0 Å². The van der Waals surface area contributed by atoms with E-state index in [0.29, 0.717) is 0 Å². The summed E-state index contributed by atoms with van der Waals surface area (Å²) in [6.45, 7) is 11.0. The molecule has 0 aromatic carbocycles. The van der Waals surface area contributed by atoms with Crippen molar-refractivity contribution in [3.8, 4) is 0 Å². The number of aromatic nitrogens is 1. The first kappa shape index (κ1) is 15.3. The molecule has 1 heterocycles. The molecule has 1 aromatic heterocycles. The van der Waals surface area contributed by atoms with Crippen LogP contribution in [0.1, 0.15) is 82.7 Å². The maximum absolute atomic E-state index is 5.38. The van der Waals surface area contributed by atoms with Crippen LogP contribution in [0.2, 0.25) is 0 Å². The van der Waals surface area contributed by atoms with Crippen LogP contribution in [0.5, 0.6) is 0 Å². The van der Waals surface area contributed by atoms with Crippen LogP contribution in [0, 0.1) is 13.8 Å². The van der Waals surface area contributed by atoms with E-state index in [0.717, 1.165) is 5.76 Å². The molecule has 1 aromatic rings. The van der Waals surface area contributed by atoms with Gasteiger partial charge >= 0.3 is 0 Å². The van der Waals surface area contributed by atoms with E-state index in [4.69, 9.17) is 4.52 Å². The number of aryl methyl sites for hydroxylation is 1. The molecule has 18 heavy (non-hydrogen) atoms. The topological polar surface area (TPSA) is 26.0 Å². The number of nitrogens with zero attached hydrogens (tertiary/aromatic N) is 1. The summed E-state index contributed by atoms with van der Waals surface area (Å²) in [6, 6.07) is 0. The third-order valence-corrected chi connectivity index (χ3v) is 4.14. The van der Waals surface area contributed by atoms with Gasteiger partial charge in [-0.3, -0.25) is 0 Å². The zero-order chi connectivity index (χ0) is 13.6. The number of unbranched alkanes of at least 4 members (excludes halogenated alkanes) is 3. The lowest BCUT2D eigenvalue weighted by atomic mass is 9.76. The molecule has 1 rings (SSSR count). The van der Waals surface area contributed by atoms with Gasteiger partial charge in [-0.1, -0.05) is 58.0 Å². The molecule has 0 saturated carbocycles. The van der Waals surface area contributed by atoms with Gasteiger partial charge in [0.15, 0.2) is 0 Å². The summed E-state index contributed by atoms with van der Waals surface area (Å²) in [5, 5.41) is 4.34. The molecule has 104 valence electrons. The van der Waals surface area contributed by atoms with Gasteiger partial charge in [-0.05, 0) is 26.7 Å². The van der Waals surface area contributed by atoms with Crippen molar-refractivity contribution in [3.05, 3.63) is 17.0 Å². The van der Waals surface area contributed by atoms with Crippen LogP contribution in [-0.2, 0) is 5.41 Å². The Morgan fingerprint density at radius 1 is 1.00 bits per heavy atom. The van der Waals surface area contributed by atoms with Gasteiger partial charge in [0.2, 0.25) is 0 Å². The van der Waals surface area contributed by atoms with Gasteiger partial charge in [0.05, 0.1) is 5.69 Å². The Kier molecular flexibility index (Phi) is 5.90. The Morgan fingerprint density at radius 2 is 1.61 bits per heavy atom. The van der Waals surface area contributed by atoms with Crippen LogP contribution < -0.4 is 0 Å². The van der Waals surface area contributed by atoms with E-state index >= 15 is 0 Å². The molecule has 0 aliphatic heterocycles. The molecule has 0 aliphatic rings. The van der Waals surface area contributed by atoms with Crippen molar-refractivity contribution in [2.24, 2.45) is 0 Å². The van der Waals surface area contributed by atoms with E-state index in [2.05, 4.69) is 32.9 Å². The first-order valence-corrected chi connectivity index (χ1v) is 7.48. The van der Waals surface area contributed by atoms with Crippen LogP contribution in [0.4, 0.5) is 0 Å². The molecule has 0 N–H and O–H groups in total. The van der Waals surface area contributed by atoms with Crippen LogP contribution in [0.25, 0.3) is 0 Å². The van der Waals surface area contributed by atoms with E-state index in [1.165, 1.54) is 56.2 Å². The Labute approximate surface area is 112 Å². The molecule has 0 bridgehead atoms. The summed E-state index contributed by atoms with van der Waals surface area (Å²) in [5.41, 5.74) is 2.65. The summed E-state index contributed by atoms with van der Waals surface area (Å²) in [4.78, 5) is 0. The van der Waals surface area contributed by atoms with Crippen molar-refractivity contribution in [2.75, 3.05) is 0 Å². The Morgan fingerprint density at radius 3 is 2.11 bits per heavy atom. The molecule has 1 unspecified atom stereocenters. The predicted molar refractivity (Wildman–Crippen MR) is 77.0 cm³/mol. The first-order chi connectivity index (χ1) is 8.55. The standard InChI is InChI=1S/C16H29NO/c1-6-8-10-12-16(5,11-9-7-2)15-13(3)14(4)18-17-15/h6-12H2,1-5H3. The normalized spacial score (nSPS) is 14.7. The van der Waals surface area contributed by atoms with Crippen molar-refractivity contribution in [3.63, 3.8) is 0 Å². The van der Waals surface area contributed by atoms with Crippen molar-refractivity contribution in [1.82, 2.24) is 5.16 Å². The average Bonchev–Trinajstić information content (AvgIpc) is 2.68. The van der Waals surface area contributed by atoms with Gasteiger partial charge in [-0.25, -0.2) is 0 Å². The van der Waals surface area contributed by atoms with Gasteiger partial charge in [-0.2, -0.15) is 0 Å². The Bertz CT molecular complexity index is 356. The minimum Gasteiger partial charge on any atom is -0.361 e. The minimum absolute atomic E-state index is 0.201. The van der Waals surface area contributed by atoms with E-state index in [-0.39, 0.29) is 5.41 Å². The third-order valence-electron chi connectivity index (χ3n) is 4.14. The van der Waals surface area contributed by atoms with Crippen LogP contribution >= 0.6 is 0 Å². The molecular formula is C16H29NO. The fourth-order valence-electron chi connectivity index (χ4n) is 2.67. The van der Waals surface area contributed by atoms with Gasteiger partial charge in [0.1, 0.15) is 5.76 Å². The maximum atomic E-state index is 5.38. The summed E-state index contributed by atoms with van der Waals surface area (Å²) < 4.78 is 5.38. The molecule has 2 nitrogen and oxygen atoms in total. The second-order valence-electron chi connectivity index (χ2n) is 5.83. The van der Waals surface area contributed by atoms with Crippen LogP contribution in [0.3, 0.4) is 0 Å². The van der Waals surface area contributed by atoms with Gasteiger partial charge in [0, 0.05) is 11.0 Å². The zero-order valence-electron chi connectivity index (χ0n) is 12.8. The highest BCUT2D eigenvalue weighted by Crippen LogP contribution is 2.36. The fourth-order valence-corrected chi connectivity index (χ4v) is 2.67. The second-order valence-corrected chi connectivity index (χ2v) is 5.83. The van der Waals surface area contributed by atoms with E-state index in [1.807, 2.05) is 6.92 Å². The highest BCUT2D eigenvalue weighted by atomic mass is 16.5. The lowest BCUT2D eigenvalue weighted by molar-refractivity contribution is 0.324. The molecule has 1 atom stereocenters. The molecule has 0 aliphatic carbocycles. The molecular weight excluding hydrogens is 222 g/mol. The van der Waals surface area contributed by atoms with E-state index in [9.17, 15) is 0 Å². The lowest BCUT2D eigenvalue weighted by Gasteiger charge is -2.28. The van der Waals surface area contributed by atoms with Gasteiger partial charge in [-0.15, -0.1) is 0 Å². The summed E-state index contributed by atoms with van der Waals surface area (Å²) in [6.07, 6.45) is 8.86. The average molecular weight is 251 g/mol. The Balaban J connectivity index is 2.85.